The number of nitrogens with two attached hydrogens (primary N) is 1. The number of carbonyl (C=O) groups is 3. The molecule has 0 bridgehead atoms. The van der Waals surface area contributed by atoms with E-state index in [1.165, 1.54) is 12.1 Å². The molecule has 0 aromatic heterocycles. The third-order valence-corrected chi connectivity index (χ3v) is 5.14. The fraction of sp³-hybridized carbons (Fsp3) is 0.400. The van der Waals surface area contributed by atoms with Gasteiger partial charge in [-0.1, -0.05) is 13.8 Å². The predicted octanol–water partition coefficient (Wildman–Crippen LogP) is 2.32. The van der Waals surface area contributed by atoms with Crippen LogP contribution in [0.4, 0.5) is 9.18 Å². The molecule has 11 heteroatoms. The first-order chi connectivity index (χ1) is 14.7. The van der Waals surface area contributed by atoms with Gasteiger partial charge in [0.1, 0.15) is 17.6 Å². The van der Waals surface area contributed by atoms with Crippen molar-refractivity contribution in [3.63, 3.8) is 0 Å². The molecule has 9 nitrogen and oxygen atoms in total. The molecule has 1 aromatic rings. The maximum Gasteiger partial charge on any atom is 0.413 e. The van der Waals surface area contributed by atoms with Crippen molar-refractivity contribution in [3.8, 4) is 5.75 Å². The van der Waals surface area contributed by atoms with Crippen LogP contribution in [0.25, 0.3) is 6.08 Å². The van der Waals surface area contributed by atoms with E-state index in [2.05, 4.69) is 15.6 Å². The Morgan fingerprint density at radius 1 is 1.39 bits per heavy atom. The highest BCUT2D eigenvalue weighted by atomic mass is 32.2. The zero-order valence-electron chi connectivity index (χ0n) is 17.2. The number of aliphatic imine (C=N–C) groups is 1. The van der Waals surface area contributed by atoms with Crippen molar-refractivity contribution in [2.75, 3.05) is 13.1 Å². The number of aliphatic carboxylic acids is 1. The Kier molecular flexibility index (Phi) is 9.01. The highest BCUT2D eigenvalue weighted by molar-refractivity contribution is 8.18. The van der Waals surface area contributed by atoms with Gasteiger partial charge >= 0.3 is 12.1 Å². The summed E-state index contributed by atoms with van der Waals surface area (Å²) in [5.41, 5.74) is 5.71. The number of amides is 2. The van der Waals surface area contributed by atoms with Gasteiger partial charge in [0.05, 0.1) is 4.91 Å². The van der Waals surface area contributed by atoms with Crippen LogP contribution in [0.2, 0.25) is 0 Å². The molecule has 1 aliphatic heterocycles. The summed E-state index contributed by atoms with van der Waals surface area (Å²) >= 11 is 1.11. The lowest BCUT2D eigenvalue weighted by atomic mass is 10.1. The molecule has 0 radical (unpaired) electrons. The van der Waals surface area contributed by atoms with Crippen molar-refractivity contribution in [2.45, 2.75) is 32.7 Å². The van der Waals surface area contributed by atoms with Crippen LogP contribution in [-0.4, -0.2) is 47.4 Å². The number of carboxylic acids is 1. The van der Waals surface area contributed by atoms with Gasteiger partial charge in [-0.3, -0.25) is 9.79 Å². The van der Waals surface area contributed by atoms with Crippen LogP contribution in [0.1, 0.15) is 32.3 Å². The van der Waals surface area contributed by atoms with Crippen molar-refractivity contribution in [3.05, 3.63) is 34.5 Å². The zero-order valence-corrected chi connectivity index (χ0v) is 18.0. The quantitative estimate of drug-likeness (QED) is 0.333. The Balaban J connectivity index is 2.17. The summed E-state index contributed by atoms with van der Waals surface area (Å²) in [7, 11) is 0. The SMILES string of the molecule is CC(C)[C@H](NC(=O)Oc1cc(F)ccc1/C=C1/SC(=NCCCCN)NC1=O)C(=O)O. The maximum absolute atomic E-state index is 13.7. The number of halogens is 1. The number of ether oxygens (including phenoxy) is 1. The molecular formula is C20H25FN4O5S. The predicted molar refractivity (Wildman–Crippen MR) is 116 cm³/mol. The summed E-state index contributed by atoms with van der Waals surface area (Å²) in [6, 6.07) is 2.32. The number of nitrogens with one attached hydrogen (secondary N) is 2. The Bertz CT molecular complexity index is 904. The zero-order chi connectivity index (χ0) is 23.0. The van der Waals surface area contributed by atoms with E-state index < -0.39 is 23.9 Å². The molecule has 1 saturated heterocycles. The monoisotopic (exact) mass is 452 g/mol. The summed E-state index contributed by atoms with van der Waals surface area (Å²) in [5, 5.41) is 14.5. The number of hydrogen-bond donors (Lipinski definition) is 4. The minimum Gasteiger partial charge on any atom is -0.480 e. The molecule has 0 spiro atoms. The molecular weight excluding hydrogens is 427 g/mol. The van der Waals surface area contributed by atoms with E-state index in [-0.39, 0.29) is 23.1 Å². The summed E-state index contributed by atoms with van der Waals surface area (Å²) in [5.74, 6) is -2.80. The van der Waals surface area contributed by atoms with Crippen molar-refractivity contribution < 1.29 is 28.6 Å². The van der Waals surface area contributed by atoms with Gasteiger partial charge in [-0.25, -0.2) is 14.0 Å². The van der Waals surface area contributed by atoms with Gasteiger partial charge < -0.3 is 26.2 Å². The summed E-state index contributed by atoms with van der Waals surface area (Å²) < 4.78 is 18.9. The summed E-state index contributed by atoms with van der Waals surface area (Å²) in [6.07, 6.45) is 2.03. The van der Waals surface area contributed by atoms with Crippen LogP contribution in [0.5, 0.6) is 5.75 Å². The molecule has 0 saturated carbocycles. The van der Waals surface area contributed by atoms with Crippen LogP contribution in [-0.2, 0) is 9.59 Å². The van der Waals surface area contributed by atoms with E-state index in [0.29, 0.717) is 23.2 Å². The number of carboxylic acid groups (broad SMARTS) is 1. The third-order valence-electron chi connectivity index (χ3n) is 4.19. The Morgan fingerprint density at radius 2 is 2.13 bits per heavy atom. The van der Waals surface area contributed by atoms with Gasteiger partial charge in [0.2, 0.25) is 0 Å². The first kappa shape index (κ1) is 24.4. The van der Waals surface area contributed by atoms with Crippen LogP contribution in [0, 0.1) is 11.7 Å². The fourth-order valence-corrected chi connectivity index (χ4v) is 3.40. The average Bonchev–Trinajstić information content (AvgIpc) is 3.04. The Labute approximate surface area is 183 Å². The first-order valence-corrected chi connectivity index (χ1v) is 10.5. The van der Waals surface area contributed by atoms with Crippen molar-refractivity contribution in [1.82, 2.24) is 10.6 Å². The number of rotatable bonds is 9. The summed E-state index contributed by atoms with van der Waals surface area (Å²) in [4.78, 5) is 40.2. The maximum atomic E-state index is 13.7. The third kappa shape index (κ3) is 7.37. The standard InChI is InChI=1S/C20H25FN4O5S/c1-11(2)16(18(27)28)24-20(29)30-14-10-13(21)6-5-12(14)9-15-17(26)25-19(31-15)23-8-4-3-7-22/h5-6,9-11,16H,3-4,7-8,22H2,1-2H3,(H,24,29)(H,27,28)(H,23,25,26)/b15-9+/t16-/m0/s1. The Hall–Kier alpha value is -2.92. The van der Waals surface area contributed by atoms with Crippen LogP contribution >= 0.6 is 11.8 Å². The van der Waals surface area contributed by atoms with Gasteiger partial charge in [0, 0.05) is 18.2 Å². The van der Waals surface area contributed by atoms with Gasteiger partial charge in [0.15, 0.2) is 5.17 Å². The van der Waals surface area contributed by atoms with E-state index in [0.717, 1.165) is 36.7 Å². The number of hydrogen-bond acceptors (Lipinski definition) is 7. The number of carbonyl (C=O) groups excluding carboxylic acids is 2. The average molecular weight is 453 g/mol. The van der Waals surface area contributed by atoms with Gasteiger partial charge in [0.25, 0.3) is 5.91 Å². The second kappa shape index (κ2) is 11.5. The van der Waals surface area contributed by atoms with Crippen molar-refractivity contribution in [2.24, 2.45) is 16.6 Å². The fourth-order valence-electron chi connectivity index (χ4n) is 2.57. The molecule has 1 aliphatic rings. The number of benzene rings is 1. The van der Waals surface area contributed by atoms with E-state index in [1.807, 2.05) is 0 Å². The molecule has 31 heavy (non-hydrogen) atoms. The molecule has 1 atom stereocenters. The van der Waals surface area contributed by atoms with Crippen LogP contribution < -0.4 is 21.1 Å². The number of thioether (sulfide) groups is 1. The molecule has 168 valence electrons. The highest BCUT2D eigenvalue weighted by Gasteiger charge is 2.26. The van der Waals surface area contributed by atoms with E-state index in [1.54, 1.807) is 13.8 Å². The van der Waals surface area contributed by atoms with E-state index >= 15 is 0 Å². The molecule has 0 aliphatic carbocycles. The molecule has 1 fully saturated rings. The molecule has 2 rings (SSSR count). The lowest BCUT2D eigenvalue weighted by Gasteiger charge is -2.18. The minimum atomic E-state index is -1.22. The summed E-state index contributed by atoms with van der Waals surface area (Å²) in [6.45, 7) is 4.35. The van der Waals surface area contributed by atoms with Crippen LogP contribution in [0.15, 0.2) is 28.1 Å². The first-order valence-electron chi connectivity index (χ1n) is 9.67. The second-order valence-corrected chi connectivity index (χ2v) is 8.05. The lowest BCUT2D eigenvalue weighted by molar-refractivity contribution is -0.140. The molecule has 5 N–H and O–H groups in total. The molecule has 0 unspecified atom stereocenters. The number of amidine groups is 1. The van der Waals surface area contributed by atoms with Gasteiger partial charge in [-0.15, -0.1) is 0 Å². The minimum absolute atomic E-state index is 0.153. The van der Waals surface area contributed by atoms with Crippen molar-refractivity contribution in [1.29, 1.82) is 0 Å². The molecule has 1 aromatic carbocycles. The normalized spacial score (nSPS) is 17.1. The topological polar surface area (TPSA) is 143 Å². The smallest absolute Gasteiger partial charge is 0.413 e. The largest absolute Gasteiger partial charge is 0.480 e. The lowest BCUT2D eigenvalue weighted by Crippen LogP contribution is -2.45. The van der Waals surface area contributed by atoms with Crippen molar-refractivity contribution >= 4 is 41.0 Å². The van der Waals surface area contributed by atoms with Crippen LogP contribution in [0.3, 0.4) is 0 Å². The van der Waals surface area contributed by atoms with Gasteiger partial charge in [-0.2, -0.15) is 0 Å². The highest BCUT2D eigenvalue weighted by Crippen LogP contribution is 2.30. The molecule has 1 heterocycles. The molecule has 2 amide bonds. The van der Waals surface area contributed by atoms with E-state index in [9.17, 15) is 23.9 Å². The van der Waals surface area contributed by atoms with Gasteiger partial charge in [-0.05, 0) is 55.3 Å². The Morgan fingerprint density at radius 3 is 2.77 bits per heavy atom. The van der Waals surface area contributed by atoms with E-state index in [4.69, 9.17) is 10.5 Å². The number of nitrogens with zero attached hydrogens (tertiary/aromatic N) is 1. The number of unbranched alkanes of at least 4 members (excludes halogenated alkanes) is 1. The second-order valence-electron chi connectivity index (χ2n) is 7.02.